The standard InChI is InChI=1S/C81H114N20O19S3/c1-41(2)29-55(94-75(115)58(97-79(119)66(82)42(3)4)32-48-22-26-51(103)27-23-48)74(114)100-62(40-123)78(118)101-67(43(5)6)80(120)98-59(33-49-34-86-53-18-13-12-17-52(49)53)76(116)99-60(38-121)72(112)88-35-63(104)90-44(7)68(108)91-45(8)69(109)93-54(19-14-28-85-81(83)84)73(113)95-56(30-46-15-10-9-11-16-46)70(110)87-36-64(105)92-61(39-122)77(117)96-57(71(111)89-37-65(106)107)31-47-20-24-50(102)25-21-47/h9-13,15-18,20-27,34,41-45,54-62,66-67,86,102-103,121-123H,14,19,28-33,35-40,82H2,1-8H3,(H,87,110)(H,88,112)(H,89,111)(H,90,104)(H,91,108)(H,92,105)(H,93,109)(H,94,115)(H,95,113)(H,96,117)(H,97,119)(H,98,120)(H,99,116)(H,100,114)(H,101,118)(H,106,107)(H4,83,84,85)/t44-,45-,54-,55-,56-,57-,58-,59-,60-,61-,62-,66-,67-/m0/s1. The first-order valence-electron chi connectivity index (χ1n) is 39.7. The monoisotopic (exact) mass is 1770 g/mol. The van der Waals surface area contributed by atoms with Crippen LogP contribution in [0.2, 0.25) is 0 Å². The van der Waals surface area contributed by atoms with Crippen LogP contribution in [0.4, 0.5) is 0 Å². The molecule has 670 valence electrons. The summed E-state index contributed by atoms with van der Waals surface area (Å²) in [5, 5.41) is 77.6. The zero-order valence-corrected chi connectivity index (χ0v) is 72.1. The van der Waals surface area contributed by atoms with Gasteiger partial charge < -0.3 is 117 Å². The highest BCUT2D eigenvalue weighted by atomic mass is 32.1. The predicted octanol–water partition coefficient (Wildman–Crippen LogP) is -3.12. The van der Waals surface area contributed by atoms with Gasteiger partial charge in [0.15, 0.2) is 5.96 Å². The zero-order chi connectivity index (χ0) is 91.3. The molecule has 0 radical (unpaired) electrons. The molecule has 0 spiro atoms. The van der Waals surface area contributed by atoms with Crippen LogP contribution in [0.25, 0.3) is 10.9 Å². The number of phenolic OH excluding ortho intramolecular Hbond substituents is 2. The van der Waals surface area contributed by atoms with Gasteiger partial charge in [-0.1, -0.05) is 114 Å². The Kier molecular flexibility index (Phi) is 42.0. The number of carbonyl (C=O) groups is 16. The van der Waals surface area contributed by atoms with E-state index in [4.69, 9.17) is 22.0 Å². The summed E-state index contributed by atoms with van der Waals surface area (Å²) in [5.41, 5.74) is 14.4. The molecule has 42 heteroatoms. The summed E-state index contributed by atoms with van der Waals surface area (Å²) < 4.78 is 0. The highest BCUT2D eigenvalue weighted by Crippen LogP contribution is 2.21. The van der Waals surface area contributed by atoms with Crippen molar-refractivity contribution < 1.29 is 92.0 Å². The third kappa shape index (κ3) is 34.7. The minimum Gasteiger partial charge on any atom is -0.508 e. The molecule has 1 aromatic heterocycles. The summed E-state index contributed by atoms with van der Waals surface area (Å²) in [6, 6.07) is 9.32. The maximum Gasteiger partial charge on any atom is 0.322 e. The molecule has 123 heavy (non-hydrogen) atoms. The number of carboxylic acids is 1. The molecule has 0 saturated carbocycles. The van der Waals surface area contributed by atoms with E-state index in [9.17, 15) is 86.9 Å². The first kappa shape index (κ1) is 101. The van der Waals surface area contributed by atoms with Gasteiger partial charge in [0.1, 0.15) is 90.5 Å². The number of fused-ring (bicyclic) bond motifs is 1. The van der Waals surface area contributed by atoms with E-state index in [1.165, 1.54) is 50.2 Å². The molecule has 25 N–H and O–H groups in total. The number of guanidine groups is 1. The number of carboxylic acid groups (broad SMARTS) is 1. The SMILES string of the molecule is CC(C)C[C@H](NC(=O)[C@H](Cc1ccc(O)cc1)NC(=O)[C@@H](N)C(C)C)C(=O)N[C@@H](CS)C(=O)N[C@H](C(=O)N[C@@H](Cc1c[nH]c2ccccc12)C(=O)N[C@@H](CS)C(=O)NCC(=O)N[C@@H](C)C(=O)N[C@@H](C)C(=O)N[C@@H](CCCNC(=N)N)C(=O)N[C@@H](Cc1ccccc1)C(=O)NCC(=O)N[C@@H](CS)C(=O)N[C@@H](Cc1ccc(O)cc1)C(=O)NCC(=O)O)C(C)C. The number of aromatic amines is 1. The summed E-state index contributed by atoms with van der Waals surface area (Å²) >= 11 is 12.8. The lowest BCUT2D eigenvalue weighted by Crippen LogP contribution is -2.61. The van der Waals surface area contributed by atoms with E-state index in [0.29, 0.717) is 33.2 Å². The van der Waals surface area contributed by atoms with Crippen LogP contribution in [0.1, 0.15) is 96.9 Å². The number of aliphatic carboxylic acids is 1. The molecule has 39 nitrogen and oxygen atoms in total. The van der Waals surface area contributed by atoms with Crippen LogP contribution in [0, 0.1) is 23.2 Å². The number of thiol groups is 3. The maximum atomic E-state index is 14.6. The minimum atomic E-state index is -1.47. The van der Waals surface area contributed by atoms with Gasteiger partial charge in [0, 0.05) is 66.6 Å². The van der Waals surface area contributed by atoms with E-state index < -0.39 is 205 Å². The molecular weight excluding hydrogens is 1650 g/mol. The highest BCUT2D eigenvalue weighted by Gasteiger charge is 2.38. The van der Waals surface area contributed by atoms with Crippen molar-refractivity contribution in [3.63, 3.8) is 0 Å². The molecule has 0 bridgehead atoms. The van der Waals surface area contributed by atoms with E-state index in [2.05, 4.69) is 128 Å². The smallest absolute Gasteiger partial charge is 0.322 e. The number of rotatable bonds is 50. The van der Waals surface area contributed by atoms with Crippen LogP contribution in [0.15, 0.2) is 109 Å². The lowest BCUT2D eigenvalue weighted by atomic mass is 9.99. The largest absolute Gasteiger partial charge is 0.508 e. The second kappa shape index (κ2) is 50.9. The quantitative estimate of drug-likeness (QED) is 0.00793. The van der Waals surface area contributed by atoms with Gasteiger partial charge >= 0.3 is 5.97 Å². The summed E-state index contributed by atoms with van der Waals surface area (Å²) in [5.74, 6) is -17.0. The van der Waals surface area contributed by atoms with E-state index in [-0.39, 0.29) is 92.1 Å². The van der Waals surface area contributed by atoms with Crippen molar-refractivity contribution in [2.75, 3.05) is 43.4 Å². The number of para-hydroxylation sites is 1. The van der Waals surface area contributed by atoms with Gasteiger partial charge in [-0.2, -0.15) is 37.9 Å². The molecule has 13 atom stereocenters. The number of hydrogen-bond donors (Lipinski definition) is 26. The molecule has 5 aromatic rings. The second-order valence-electron chi connectivity index (χ2n) is 30.3. The number of H-pyrrole nitrogens is 1. The fourth-order valence-corrected chi connectivity index (χ4v) is 13.0. The molecule has 0 fully saturated rings. The number of aromatic nitrogens is 1. The summed E-state index contributed by atoms with van der Waals surface area (Å²) in [6.07, 6.45) is 1.08. The molecule has 5 rings (SSSR count). The Hall–Kier alpha value is -12.2. The molecule has 4 aromatic carbocycles. The van der Waals surface area contributed by atoms with Crippen LogP contribution >= 0.6 is 37.9 Å². The van der Waals surface area contributed by atoms with E-state index in [1.54, 1.807) is 114 Å². The van der Waals surface area contributed by atoms with Crippen molar-refractivity contribution in [2.24, 2.45) is 29.2 Å². The number of aromatic hydroxyl groups is 2. The number of nitrogens with two attached hydrogens (primary N) is 2. The zero-order valence-electron chi connectivity index (χ0n) is 69.4. The Morgan fingerprint density at radius 2 is 0.789 bits per heavy atom. The lowest BCUT2D eigenvalue weighted by Gasteiger charge is -2.29. The number of benzene rings is 4. The van der Waals surface area contributed by atoms with Gasteiger partial charge in [0.05, 0.1) is 19.1 Å². The number of carbonyl (C=O) groups excluding carboxylic acids is 15. The molecule has 0 unspecified atom stereocenters. The van der Waals surface area contributed by atoms with Crippen molar-refractivity contribution in [1.82, 2.24) is 90.1 Å². The van der Waals surface area contributed by atoms with Crippen LogP contribution in [-0.2, 0) is 102 Å². The predicted molar refractivity (Wildman–Crippen MR) is 465 cm³/mol. The van der Waals surface area contributed by atoms with Crippen LogP contribution in [0.5, 0.6) is 11.5 Å². The van der Waals surface area contributed by atoms with Gasteiger partial charge in [-0.3, -0.25) is 82.1 Å². The molecule has 0 aliphatic rings. The van der Waals surface area contributed by atoms with Crippen molar-refractivity contribution in [3.8, 4) is 11.5 Å². The van der Waals surface area contributed by atoms with Gasteiger partial charge in [-0.05, 0) is 103 Å². The van der Waals surface area contributed by atoms with E-state index >= 15 is 0 Å². The maximum absolute atomic E-state index is 14.6. The van der Waals surface area contributed by atoms with Gasteiger partial charge in [0.25, 0.3) is 0 Å². The normalized spacial score (nSPS) is 14.3. The molecule has 15 amide bonds. The summed E-state index contributed by atoms with van der Waals surface area (Å²) in [4.78, 5) is 222. The van der Waals surface area contributed by atoms with Gasteiger partial charge in [-0.15, -0.1) is 0 Å². The second-order valence-corrected chi connectivity index (χ2v) is 31.4. The Bertz CT molecular complexity index is 4490. The Morgan fingerprint density at radius 1 is 0.398 bits per heavy atom. The van der Waals surface area contributed by atoms with E-state index in [1.807, 2.05) is 0 Å². The Balaban J connectivity index is 1.22. The fraction of sp³-hybridized carbons (Fsp3) is 0.469. The number of hydrogen-bond acceptors (Lipinski definition) is 23. The summed E-state index contributed by atoms with van der Waals surface area (Å²) in [6.45, 7) is 10.5. The summed E-state index contributed by atoms with van der Waals surface area (Å²) in [7, 11) is 0. The van der Waals surface area contributed by atoms with Gasteiger partial charge in [0.2, 0.25) is 88.6 Å². The van der Waals surface area contributed by atoms with Crippen molar-refractivity contribution in [1.29, 1.82) is 5.41 Å². The molecule has 1 heterocycles. The molecule has 0 aliphatic heterocycles. The minimum absolute atomic E-state index is 0.0301. The van der Waals surface area contributed by atoms with Gasteiger partial charge in [-0.25, -0.2) is 0 Å². The number of nitrogens with one attached hydrogen (secondary N) is 18. The molecule has 0 aliphatic carbocycles. The third-order valence-corrected chi connectivity index (χ3v) is 20.2. The first-order valence-corrected chi connectivity index (χ1v) is 41.6. The van der Waals surface area contributed by atoms with E-state index in [0.717, 1.165) is 0 Å². The fourth-order valence-electron chi connectivity index (χ4n) is 12.2. The first-order chi connectivity index (χ1) is 58.2. The van der Waals surface area contributed by atoms with Crippen LogP contribution < -0.4 is 96.5 Å². The van der Waals surface area contributed by atoms with Crippen molar-refractivity contribution in [2.45, 2.75) is 179 Å². The van der Waals surface area contributed by atoms with Crippen molar-refractivity contribution in [3.05, 3.63) is 132 Å². The third-order valence-electron chi connectivity index (χ3n) is 19.1. The Labute approximate surface area is 727 Å². The Morgan fingerprint density at radius 3 is 1.30 bits per heavy atom. The lowest BCUT2D eigenvalue weighted by molar-refractivity contribution is -0.138. The van der Waals surface area contributed by atoms with Crippen LogP contribution in [0.3, 0.4) is 0 Å². The number of amides is 15. The topological polar surface area (TPSA) is 618 Å². The number of phenols is 2. The highest BCUT2D eigenvalue weighted by molar-refractivity contribution is 7.80. The molecule has 0 saturated heterocycles. The average Bonchev–Trinajstić information content (AvgIpc) is 1.57. The average molecular weight is 1770 g/mol. The van der Waals surface area contributed by atoms with Crippen LogP contribution in [-0.4, -0.2) is 243 Å². The molecular formula is C81H114N20O19S3. The van der Waals surface area contributed by atoms with Crippen molar-refractivity contribution >= 4 is 149 Å².